The SMILES string of the molecule is CCCN(CC(=O)O)C(=O)c1cc([N+](=O)[O-])cn1CCC. The van der Waals surface area contributed by atoms with E-state index in [1.165, 1.54) is 21.7 Å². The molecule has 8 heteroatoms. The highest BCUT2D eigenvalue weighted by molar-refractivity contribution is 5.95. The predicted octanol–water partition coefficient (Wildman–Crippen LogP) is 1.74. The maximum Gasteiger partial charge on any atom is 0.323 e. The zero-order valence-corrected chi connectivity index (χ0v) is 12.1. The van der Waals surface area contributed by atoms with E-state index in [1.54, 1.807) is 0 Å². The average Bonchev–Trinajstić information content (AvgIpc) is 2.81. The summed E-state index contributed by atoms with van der Waals surface area (Å²) in [5.74, 6) is -1.61. The minimum absolute atomic E-state index is 0.151. The van der Waals surface area contributed by atoms with Gasteiger partial charge in [0.2, 0.25) is 0 Å². The maximum atomic E-state index is 12.4. The van der Waals surface area contributed by atoms with Gasteiger partial charge < -0.3 is 14.6 Å². The molecule has 0 radical (unpaired) electrons. The van der Waals surface area contributed by atoms with E-state index in [1.807, 2.05) is 13.8 Å². The van der Waals surface area contributed by atoms with Crippen LogP contribution >= 0.6 is 0 Å². The predicted molar refractivity (Wildman–Crippen MR) is 75.2 cm³/mol. The normalized spacial score (nSPS) is 10.4. The van der Waals surface area contributed by atoms with Crippen molar-refractivity contribution in [2.75, 3.05) is 13.1 Å². The number of aliphatic carboxylic acids is 1. The number of carboxylic acids is 1. The van der Waals surface area contributed by atoms with Crippen LogP contribution < -0.4 is 0 Å². The van der Waals surface area contributed by atoms with Crippen LogP contribution in [-0.2, 0) is 11.3 Å². The Morgan fingerprint density at radius 2 is 2.05 bits per heavy atom. The zero-order chi connectivity index (χ0) is 16.0. The van der Waals surface area contributed by atoms with Crippen molar-refractivity contribution in [2.24, 2.45) is 0 Å². The highest BCUT2D eigenvalue weighted by Gasteiger charge is 2.24. The lowest BCUT2D eigenvalue weighted by Gasteiger charge is -2.20. The summed E-state index contributed by atoms with van der Waals surface area (Å²) in [4.78, 5) is 34.7. The number of nitro groups is 1. The Bertz CT molecular complexity index is 538. The molecule has 1 N–H and O–H groups in total. The van der Waals surface area contributed by atoms with Crippen molar-refractivity contribution in [1.82, 2.24) is 9.47 Å². The van der Waals surface area contributed by atoms with Gasteiger partial charge in [0.15, 0.2) is 0 Å². The summed E-state index contributed by atoms with van der Waals surface area (Å²) in [6, 6.07) is 1.20. The van der Waals surface area contributed by atoms with Gasteiger partial charge in [0.25, 0.3) is 11.6 Å². The fourth-order valence-electron chi connectivity index (χ4n) is 2.05. The Balaban J connectivity index is 3.12. The zero-order valence-electron chi connectivity index (χ0n) is 12.1. The lowest BCUT2D eigenvalue weighted by molar-refractivity contribution is -0.384. The van der Waals surface area contributed by atoms with Crippen LogP contribution in [0.3, 0.4) is 0 Å². The molecule has 0 unspecified atom stereocenters. The smallest absolute Gasteiger partial charge is 0.323 e. The Morgan fingerprint density at radius 1 is 1.38 bits per heavy atom. The second-order valence-corrected chi connectivity index (χ2v) is 4.65. The van der Waals surface area contributed by atoms with Crippen LogP contribution in [0.25, 0.3) is 0 Å². The standard InChI is InChI=1S/C13H19N3O5/c1-3-5-14-8-10(16(20)21)7-11(14)13(19)15(6-4-2)9-12(17)18/h7-8H,3-6,9H2,1-2H3,(H,17,18). The number of aryl methyl sites for hydroxylation is 1. The molecule has 1 heterocycles. The molecular formula is C13H19N3O5. The number of rotatable bonds is 8. The van der Waals surface area contributed by atoms with Crippen LogP contribution in [0.1, 0.15) is 37.2 Å². The van der Waals surface area contributed by atoms with Crippen LogP contribution in [0.2, 0.25) is 0 Å². The van der Waals surface area contributed by atoms with Crippen LogP contribution in [0, 0.1) is 10.1 Å². The first-order valence-electron chi connectivity index (χ1n) is 6.76. The van der Waals surface area contributed by atoms with Crippen molar-refractivity contribution in [3.63, 3.8) is 0 Å². The fourth-order valence-corrected chi connectivity index (χ4v) is 2.05. The van der Waals surface area contributed by atoms with E-state index in [0.29, 0.717) is 19.4 Å². The lowest BCUT2D eigenvalue weighted by atomic mass is 10.3. The molecule has 0 atom stereocenters. The van der Waals surface area contributed by atoms with Crippen molar-refractivity contribution in [3.05, 3.63) is 28.1 Å². The number of amides is 1. The highest BCUT2D eigenvalue weighted by Crippen LogP contribution is 2.19. The maximum absolute atomic E-state index is 12.4. The van der Waals surface area contributed by atoms with Crippen LogP contribution in [-0.4, -0.2) is 44.5 Å². The molecule has 1 aromatic rings. The number of carboxylic acid groups (broad SMARTS) is 1. The second kappa shape index (κ2) is 7.41. The van der Waals surface area contributed by atoms with Gasteiger partial charge in [-0.1, -0.05) is 13.8 Å². The molecule has 1 rings (SSSR count). The first-order valence-corrected chi connectivity index (χ1v) is 6.76. The van der Waals surface area contributed by atoms with E-state index < -0.39 is 23.3 Å². The number of aromatic nitrogens is 1. The Kier molecular flexibility index (Phi) is 5.89. The summed E-state index contributed by atoms with van der Waals surface area (Å²) in [5, 5.41) is 19.7. The molecule has 0 fully saturated rings. The van der Waals surface area contributed by atoms with E-state index in [2.05, 4.69) is 0 Å². The molecule has 0 aliphatic carbocycles. The second-order valence-electron chi connectivity index (χ2n) is 4.65. The number of carbonyl (C=O) groups is 2. The summed E-state index contributed by atoms with van der Waals surface area (Å²) in [5.41, 5.74) is -0.0168. The fraction of sp³-hybridized carbons (Fsp3) is 0.538. The molecule has 0 spiro atoms. The lowest BCUT2D eigenvalue weighted by Crippen LogP contribution is -2.37. The molecule has 0 saturated heterocycles. The number of hydrogen-bond donors (Lipinski definition) is 1. The molecule has 0 aromatic carbocycles. The third-order valence-corrected chi connectivity index (χ3v) is 2.88. The summed E-state index contributed by atoms with van der Waals surface area (Å²) in [7, 11) is 0. The summed E-state index contributed by atoms with van der Waals surface area (Å²) >= 11 is 0. The van der Waals surface area contributed by atoms with Gasteiger partial charge in [-0.3, -0.25) is 19.7 Å². The minimum atomic E-state index is -1.11. The van der Waals surface area contributed by atoms with Gasteiger partial charge in [-0.25, -0.2) is 0 Å². The van der Waals surface area contributed by atoms with Crippen molar-refractivity contribution in [2.45, 2.75) is 33.2 Å². The van der Waals surface area contributed by atoms with E-state index in [0.717, 1.165) is 0 Å². The molecule has 116 valence electrons. The van der Waals surface area contributed by atoms with E-state index in [9.17, 15) is 19.7 Å². The molecule has 0 bridgehead atoms. The summed E-state index contributed by atoms with van der Waals surface area (Å²) in [6.45, 7) is 4.05. The molecule has 0 aliphatic heterocycles. The minimum Gasteiger partial charge on any atom is -0.480 e. The molecule has 1 aromatic heterocycles. The topological polar surface area (TPSA) is 106 Å². The van der Waals surface area contributed by atoms with Crippen LogP contribution in [0.5, 0.6) is 0 Å². The summed E-state index contributed by atoms with van der Waals surface area (Å²) in [6.07, 6.45) is 2.62. The van der Waals surface area contributed by atoms with Gasteiger partial charge in [0.1, 0.15) is 12.2 Å². The largest absolute Gasteiger partial charge is 0.480 e. The Morgan fingerprint density at radius 3 is 2.52 bits per heavy atom. The van der Waals surface area contributed by atoms with Gasteiger partial charge in [-0.2, -0.15) is 0 Å². The van der Waals surface area contributed by atoms with Crippen molar-refractivity contribution in [1.29, 1.82) is 0 Å². The van der Waals surface area contributed by atoms with Gasteiger partial charge in [-0.05, 0) is 12.8 Å². The van der Waals surface area contributed by atoms with E-state index in [-0.39, 0.29) is 17.9 Å². The third kappa shape index (κ3) is 4.30. The van der Waals surface area contributed by atoms with E-state index >= 15 is 0 Å². The Hall–Kier alpha value is -2.38. The van der Waals surface area contributed by atoms with Crippen molar-refractivity contribution in [3.8, 4) is 0 Å². The molecule has 21 heavy (non-hydrogen) atoms. The summed E-state index contributed by atoms with van der Waals surface area (Å²) < 4.78 is 1.50. The van der Waals surface area contributed by atoms with Crippen LogP contribution in [0.15, 0.2) is 12.3 Å². The van der Waals surface area contributed by atoms with Gasteiger partial charge in [0, 0.05) is 19.2 Å². The van der Waals surface area contributed by atoms with E-state index in [4.69, 9.17) is 5.11 Å². The number of hydrogen-bond acceptors (Lipinski definition) is 4. The average molecular weight is 297 g/mol. The van der Waals surface area contributed by atoms with Crippen molar-refractivity contribution < 1.29 is 19.6 Å². The number of carbonyl (C=O) groups excluding carboxylic acids is 1. The van der Waals surface area contributed by atoms with Crippen molar-refractivity contribution >= 4 is 17.6 Å². The van der Waals surface area contributed by atoms with Crippen LogP contribution in [0.4, 0.5) is 5.69 Å². The highest BCUT2D eigenvalue weighted by atomic mass is 16.6. The molecule has 0 aliphatic rings. The molecular weight excluding hydrogens is 278 g/mol. The monoisotopic (exact) mass is 297 g/mol. The number of nitrogens with zero attached hydrogens (tertiary/aromatic N) is 3. The van der Waals surface area contributed by atoms with Gasteiger partial charge in [-0.15, -0.1) is 0 Å². The quantitative estimate of drug-likeness (QED) is 0.581. The molecule has 8 nitrogen and oxygen atoms in total. The van der Waals surface area contributed by atoms with Gasteiger partial charge >= 0.3 is 5.97 Å². The first-order chi connectivity index (χ1) is 9.90. The van der Waals surface area contributed by atoms with Gasteiger partial charge in [0.05, 0.1) is 11.1 Å². The first kappa shape index (κ1) is 16.7. The molecule has 0 saturated carbocycles. The Labute approximate surface area is 122 Å². The third-order valence-electron chi connectivity index (χ3n) is 2.88. The molecule has 1 amide bonds.